The molecule has 0 radical (unpaired) electrons. The van der Waals surface area contributed by atoms with Crippen molar-refractivity contribution in [2.24, 2.45) is 0 Å². The zero-order chi connectivity index (χ0) is 51.8. The van der Waals surface area contributed by atoms with Crippen LogP contribution in [-0.2, 0) is 33.0 Å². The Kier molecular flexibility index (Phi) is 17.3. The van der Waals surface area contributed by atoms with E-state index in [0.29, 0.717) is 65.1 Å². The smallest absolute Gasteiger partial charge is 0.348 e. The van der Waals surface area contributed by atoms with Gasteiger partial charge in [0.05, 0.1) is 73.2 Å². The van der Waals surface area contributed by atoms with E-state index in [-0.39, 0.29) is 30.1 Å². The van der Waals surface area contributed by atoms with Gasteiger partial charge in [-0.1, -0.05) is 11.6 Å². The summed E-state index contributed by atoms with van der Waals surface area (Å²) in [7, 11) is 0. The van der Waals surface area contributed by atoms with E-state index < -0.39 is 10.9 Å². The minimum Gasteiger partial charge on any atom is -0.372 e. The molecule has 15 rings (SSSR count). The summed E-state index contributed by atoms with van der Waals surface area (Å²) in [5, 5.41) is 0.756. The highest BCUT2D eigenvalue weighted by molar-refractivity contribution is 8.24. The van der Waals surface area contributed by atoms with Crippen molar-refractivity contribution in [2.75, 3.05) is 103 Å². The number of rotatable bonds is 5. The minimum absolute atomic E-state index is 0.268. The SMILES string of the molecule is C1CC2CNCC1O2.Clc1nc(N2CC3CCC(C2)O3)cc(N2CC3CCC(C2)O3)n1.O=P(Cl)(Cl)Cl.O=c1nc(N2CC3CCC(C2)O3)cc(Cl)[nH]1.O=c1nc(N2CC3CCC(C2)O3)cc(N2CC3CCC(C2)O3)[nH]1. The number of anilines is 5. The highest BCUT2D eigenvalue weighted by Gasteiger charge is 2.40. The molecule has 0 aliphatic carbocycles. The van der Waals surface area contributed by atoms with Gasteiger partial charge in [-0.15, -0.1) is 0 Å². The Hall–Kier alpha value is -2.76. The van der Waals surface area contributed by atoms with Crippen LogP contribution in [0.2, 0.25) is 10.4 Å². The van der Waals surface area contributed by atoms with Crippen molar-refractivity contribution in [1.82, 2.24) is 35.2 Å². The van der Waals surface area contributed by atoms with Gasteiger partial charge < -0.3 is 58.2 Å². The lowest BCUT2D eigenvalue weighted by molar-refractivity contribution is 0.0184. The van der Waals surface area contributed by atoms with Crippen LogP contribution in [0, 0.1) is 0 Å². The van der Waals surface area contributed by atoms with Crippen molar-refractivity contribution in [2.45, 2.75) is 150 Å². The molecule has 12 unspecified atom stereocenters. The van der Waals surface area contributed by atoms with E-state index in [2.05, 4.69) is 99.5 Å². The van der Waals surface area contributed by atoms with Gasteiger partial charge in [0.1, 0.15) is 34.2 Å². The van der Waals surface area contributed by atoms with Gasteiger partial charge in [0, 0.05) is 96.7 Å². The van der Waals surface area contributed by atoms with Crippen LogP contribution in [0.15, 0.2) is 27.8 Å². The van der Waals surface area contributed by atoms with E-state index >= 15 is 0 Å². The summed E-state index contributed by atoms with van der Waals surface area (Å²) in [5.74, 6) is 4.16. The topological polar surface area (TPSA) is 218 Å². The van der Waals surface area contributed by atoms with Gasteiger partial charge in [0.25, 0.3) is 0 Å². The first-order valence-electron chi connectivity index (χ1n) is 26.6. The molecule has 0 spiro atoms. The van der Waals surface area contributed by atoms with Crippen molar-refractivity contribution in [3.8, 4) is 0 Å². The fraction of sp³-hybridized carbons (Fsp3) is 0.750. The lowest BCUT2D eigenvalue weighted by Gasteiger charge is -2.35. The molecule has 0 amide bonds. The number of nitrogens with one attached hydrogen (secondary N) is 3. The largest absolute Gasteiger partial charge is 0.372 e. The van der Waals surface area contributed by atoms with Crippen molar-refractivity contribution < 1.29 is 33.0 Å². The minimum atomic E-state index is -3.22. The number of H-pyrrole nitrogens is 2. The van der Waals surface area contributed by atoms with Crippen LogP contribution in [0.25, 0.3) is 0 Å². The Bertz CT molecular complexity index is 2450. The van der Waals surface area contributed by atoms with Gasteiger partial charge in [-0.05, 0) is 122 Å². The van der Waals surface area contributed by atoms with Crippen LogP contribution in [0.5, 0.6) is 0 Å². The van der Waals surface area contributed by atoms with E-state index in [1.54, 1.807) is 6.07 Å². The molecule has 21 nitrogen and oxygen atoms in total. The number of aromatic nitrogens is 6. The third-order valence-electron chi connectivity index (χ3n) is 15.9. The van der Waals surface area contributed by atoms with Crippen LogP contribution in [-0.4, -0.2) is 182 Å². The van der Waals surface area contributed by atoms with Gasteiger partial charge in [-0.25, -0.2) is 19.6 Å². The number of aromatic amines is 2. The molecule has 12 saturated heterocycles. The van der Waals surface area contributed by atoms with Crippen LogP contribution >= 0.6 is 62.1 Å². The second-order valence-corrected chi connectivity index (χ2v) is 28.9. The number of halogens is 5. The predicted octanol–water partition coefficient (Wildman–Crippen LogP) is 6.11. The lowest BCUT2D eigenvalue weighted by Crippen LogP contribution is -2.45. The first-order valence-corrected chi connectivity index (χ1v) is 31.8. The van der Waals surface area contributed by atoms with Gasteiger partial charge in [0.2, 0.25) is 5.28 Å². The van der Waals surface area contributed by atoms with E-state index in [1.807, 2.05) is 6.07 Å². The first kappa shape index (κ1) is 54.2. The summed E-state index contributed by atoms with van der Waals surface area (Å²) < 4.78 is 44.4. The Labute approximate surface area is 459 Å². The zero-order valence-corrected chi connectivity index (χ0v) is 46.3. The summed E-state index contributed by atoms with van der Waals surface area (Å²) in [6.07, 6.45) is 18.0. The maximum absolute atomic E-state index is 12.1. The molecule has 75 heavy (non-hydrogen) atoms. The normalized spacial score (nSPS) is 33.6. The number of hydrogen-bond donors (Lipinski definition) is 3. The summed E-state index contributed by atoms with van der Waals surface area (Å²) in [6.45, 7) is 10.7. The molecule has 0 aromatic carbocycles. The number of hydrogen-bond acceptors (Lipinski definition) is 19. The Morgan fingerprint density at radius 2 is 0.693 bits per heavy atom. The number of morpholine rings is 6. The molecule has 3 aromatic rings. The summed E-state index contributed by atoms with van der Waals surface area (Å²) in [5.41, 5.74) is -0.670. The Morgan fingerprint density at radius 3 is 1.03 bits per heavy atom. The van der Waals surface area contributed by atoms with Crippen molar-refractivity contribution in [1.29, 1.82) is 0 Å². The van der Waals surface area contributed by atoms with Crippen molar-refractivity contribution in [3.05, 3.63) is 49.6 Å². The Morgan fingerprint density at radius 1 is 0.413 bits per heavy atom. The fourth-order valence-electron chi connectivity index (χ4n) is 12.6. The lowest BCUT2D eigenvalue weighted by atomic mass is 10.2. The van der Waals surface area contributed by atoms with Gasteiger partial charge in [-0.3, -0.25) is 14.5 Å². The maximum Gasteiger partial charge on any atom is 0.348 e. The maximum atomic E-state index is 12.1. The summed E-state index contributed by atoms with van der Waals surface area (Å²) in [6, 6.07) is 5.80. The molecular formula is C48H66Cl5N12O9P. The molecule has 12 bridgehead atoms. The molecule has 412 valence electrons. The Balaban J connectivity index is 0.000000109. The second kappa shape index (κ2) is 23.9. The highest BCUT2D eigenvalue weighted by atomic mass is 36.0. The third-order valence-corrected chi connectivity index (χ3v) is 16.3. The predicted molar refractivity (Wildman–Crippen MR) is 288 cm³/mol. The monoisotopic (exact) mass is 1160 g/mol. The first-order chi connectivity index (χ1) is 36.1. The molecule has 12 atom stereocenters. The van der Waals surface area contributed by atoms with E-state index in [9.17, 15) is 14.2 Å². The molecule has 3 aromatic heterocycles. The van der Waals surface area contributed by atoms with Crippen LogP contribution in [0.4, 0.5) is 29.1 Å². The molecule has 12 fully saturated rings. The van der Waals surface area contributed by atoms with Crippen LogP contribution < -0.4 is 41.2 Å². The van der Waals surface area contributed by atoms with Crippen molar-refractivity contribution in [3.63, 3.8) is 0 Å². The number of ether oxygens (including phenoxy) is 6. The summed E-state index contributed by atoms with van der Waals surface area (Å²) >= 11 is 25.9. The molecule has 27 heteroatoms. The standard InChI is InChI=1S/C16H21ClN4O2.C16H22N4O3.C10H12ClN3O2.C6H11NO.Cl3OP/c17-16-18-14(20-6-10-1-2-11(7-20)22-10)5-15(19-16)21-8-12-3-4-13(9-21)23-12;21-16-17-14(19-6-10-1-2-11(7-19)22-10)5-15(18-16)20-8-12-3-4-13(9-20)23-12;11-8-3-9(13-10(15)12-8)14-4-6-1-2-7(5-14)16-6;1-2-6-4-7-3-5(1)8-6;1-5(2,3)4/h5,10-13H,1-4,6-9H2;5,10-13H,1-4,6-9H2,(H,17,18,21);3,6-7H,1-2,4-5H2,(H,12,13,15);5-7H,1-4H2;. The average molecular weight is 1160 g/mol. The quantitative estimate of drug-likeness (QED) is 0.149. The third kappa shape index (κ3) is 14.5. The van der Waals surface area contributed by atoms with Crippen LogP contribution in [0.1, 0.15) is 77.0 Å². The molecule has 12 aliphatic rings. The molecule has 12 aliphatic heterocycles. The van der Waals surface area contributed by atoms with Crippen molar-refractivity contribution >= 4 is 91.2 Å². The van der Waals surface area contributed by atoms with E-state index in [0.717, 1.165) is 166 Å². The van der Waals surface area contributed by atoms with E-state index in [4.69, 9.17) is 51.6 Å². The van der Waals surface area contributed by atoms with Crippen LogP contribution in [0.3, 0.4) is 0 Å². The fourth-order valence-corrected chi connectivity index (χ4v) is 12.9. The van der Waals surface area contributed by atoms with Gasteiger partial charge in [0.15, 0.2) is 0 Å². The number of nitrogens with zero attached hydrogens (tertiary/aromatic N) is 9. The molecule has 3 N–H and O–H groups in total. The number of fused-ring (bicyclic) bond motifs is 12. The zero-order valence-electron chi connectivity index (χ0n) is 41.7. The van der Waals surface area contributed by atoms with Gasteiger partial charge >= 0.3 is 16.6 Å². The summed E-state index contributed by atoms with van der Waals surface area (Å²) in [4.78, 5) is 56.8. The second-order valence-electron chi connectivity index (χ2n) is 21.5. The highest BCUT2D eigenvalue weighted by Crippen LogP contribution is 2.61. The molecular weight excluding hydrogens is 1100 g/mol. The molecule has 0 saturated carbocycles. The average Bonchev–Trinajstić information content (AvgIpc) is 4.24. The van der Waals surface area contributed by atoms with Gasteiger partial charge in [-0.2, -0.15) is 9.97 Å². The van der Waals surface area contributed by atoms with E-state index in [1.165, 1.54) is 12.8 Å². The molecule has 15 heterocycles.